The first-order chi connectivity index (χ1) is 9.86. The number of carbonyl (C=O) groups is 1. The number of rotatable bonds is 3. The molecule has 0 saturated carbocycles. The summed E-state index contributed by atoms with van der Waals surface area (Å²) in [6, 6.07) is 21.1. The largest absolute Gasteiger partial charge is 0.367 e. The quantitative estimate of drug-likeness (QED) is 0.761. The van der Waals surface area contributed by atoms with Crippen LogP contribution in [0.3, 0.4) is 0 Å². The van der Waals surface area contributed by atoms with E-state index >= 15 is 0 Å². The lowest BCUT2D eigenvalue weighted by Gasteiger charge is -2.22. The van der Waals surface area contributed by atoms with E-state index in [0.29, 0.717) is 5.56 Å². The van der Waals surface area contributed by atoms with Gasteiger partial charge in [-0.25, -0.2) is 0 Å². The molecule has 0 aliphatic rings. The third-order valence-corrected chi connectivity index (χ3v) is 3.08. The summed E-state index contributed by atoms with van der Waals surface area (Å²) in [4.78, 5) is 17.3. The topological polar surface area (TPSA) is 36.1 Å². The highest BCUT2D eigenvalue weighted by atomic mass is 16.2. The Labute approximate surface area is 117 Å². The summed E-state index contributed by atoms with van der Waals surface area (Å²) < 4.78 is 0. The Morgan fingerprint density at radius 1 is 0.800 bits per heavy atom. The van der Waals surface area contributed by atoms with Crippen molar-refractivity contribution in [3.8, 4) is 0 Å². The minimum atomic E-state index is -0.0522. The molecule has 1 heterocycles. The van der Waals surface area contributed by atoms with Crippen LogP contribution in [0.5, 0.6) is 0 Å². The predicted molar refractivity (Wildman–Crippen MR) is 80.1 cm³/mol. The van der Waals surface area contributed by atoms with Crippen molar-refractivity contribution in [2.75, 3.05) is 4.90 Å². The Hall–Kier alpha value is -2.81. The Morgan fingerprint density at radius 2 is 1.35 bits per heavy atom. The van der Waals surface area contributed by atoms with Crippen molar-refractivity contribution in [2.24, 2.45) is 0 Å². The van der Waals surface area contributed by atoms with Gasteiger partial charge in [0, 0.05) is 23.8 Å². The van der Waals surface area contributed by atoms with Gasteiger partial charge in [0.2, 0.25) is 0 Å². The zero-order valence-corrected chi connectivity index (χ0v) is 10.9. The smallest absolute Gasteiger partial charge is 0.264 e. The molecule has 3 heteroatoms. The van der Waals surface area contributed by atoms with Gasteiger partial charge in [0.25, 0.3) is 5.91 Å². The van der Waals surface area contributed by atoms with Gasteiger partial charge < -0.3 is 4.98 Å². The van der Waals surface area contributed by atoms with Gasteiger partial charge in [-0.3, -0.25) is 9.69 Å². The van der Waals surface area contributed by atoms with Crippen molar-refractivity contribution in [3.63, 3.8) is 0 Å². The van der Waals surface area contributed by atoms with Crippen LogP contribution >= 0.6 is 0 Å². The second-order valence-corrected chi connectivity index (χ2v) is 4.41. The summed E-state index contributed by atoms with van der Waals surface area (Å²) in [5, 5.41) is 0. The van der Waals surface area contributed by atoms with Crippen LogP contribution in [0.1, 0.15) is 10.4 Å². The molecule has 0 atom stereocenters. The minimum Gasteiger partial charge on any atom is -0.367 e. The van der Waals surface area contributed by atoms with Crippen LogP contribution in [0, 0.1) is 0 Å². The summed E-state index contributed by atoms with van der Waals surface area (Å²) in [6.45, 7) is 0. The van der Waals surface area contributed by atoms with E-state index in [4.69, 9.17) is 0 Å². The van der Waals surface area contributed by atoms with E-state index in [9.17, 15) is 4.79 Å². The first-order valence-electron chi connectivity index (χ1n) is 6.43. The number of aromatic amines is 1. The van der Waals surface area contributed by atoms with E-state index in [1.54, 1.807) is 23.4 Å². The fourth-order valence-electron chi connectivity index (χ4n) is 2.12. The molecule has 3 rings (SSSR count). The van der Waals surface area contributed by atoms with E-state index in [0.717, 1.165) is 11.4 Å². The van der Waals surface area contributed by atoms with Gasteiger partial charge in [-0.2, -0.15) is 0 Å². The second kappa shape index (κ2) is 5.45. The minimum absolute atomic E-state index is 0.0522. The highest BCUT2D eigenvalue weighted by Gasteiger charge is 2.19. The average molecular weight is 262 g/mol. The number of hydrogen-bond donors (Lipinski definition) is 1. The van der Waals surface area contributed by atoms with Gasteiger partial charge in [-0.05, 0) is 30.3 Å². The van der Waals surface area contributed by atoms with Crippen LogP contribution < -0.4 is 4.90 Å². The van der Waals surface area contributed by atoms with Gasteiger partial charge in [0.15, 0.2) is 0 Å². The fraction of sp³-hybridized carbons (Fsp3) is 0. The third kappa shape index (κ3) is 2.34. The second-order valence-electron chi connectivity index (χ2n) is 4.41. The van der Waals surface area contributed by atoms with Crippen molar-refractivity contribution in [3.05, 3.63) is 84.7 Å². The van der Waals surface area contributed by atoms with Crippen LogP contribution in [-0.4, -0.2) is 10.9 Å². The van der Waals surface area contributed by atoms with Crippen LogP contribution in [0.4, 0.5) is 11.4 Å². The van der Waals surface area contributed by atoms with Crippen LogP contribution in [0.25, 0.3) is 0 Å². The third-order valence-electron chi connectivity index (χ3n) is 3.08. The van der Waals surface area contributed by atoms with Crippen molar-refractivity contribution in [1.29, 1.82) is 0 Å². The number of nitrogens with one attached hydrogen (secondary N) is 1. The highest BCUT2D eigenvalue weighted by Crippen LogP contribution is 2.26. The Morgan fingerprint density at radius 3 is 1.80 bits per heavy atom. The summed E-state index contributed by atoms with van der Waals surface area (Å²) in [5.41, 5.74) is 2.34. The summed E-state index contributed by atoms with van der Waals surface area (Å²) in [7, 11) is 0. The molecule has 0 aliphatic heterocycles. The molecular weight excluding hydrogens is 248 g/mol. The number of nitrogens with zero attached hydrogens (tertiary/aromatic N) is 1. The highest BCUT2D eigenvalue weighted by molar-refractivity contribution is 6.10. The molecule has 0 radical (unpaired) electrons. The van der Waals surface area contributed by atoms with Crippen LogP contribution in [0.15, 0.2) is 79.1 Å². The number of anilines is 2. The summed E-state index contributed by atoms with van der Waals surface area (Å²) in [6.07, 6.45) is 3.46. The molecule has 1 aromatic heterocycles. The van der Waals surface area contributed by atoms with Gasteiger partial charge in [-0.15, -0.1) is 0 Å². The first-order valence-corrected chi connectivity index (χ1v) is 6.43. The number of amides is 1. The van der Waals surface area contributed by atoms with Crippen molar-refractivity contribution in [2.45, 2.75) is 0 Å². The van der Waals surface area contributed by atoms with Crippen molar-refractivity contribution < 1.29 is 4.79 Å². The van der Waals surface area contributed by atoms with Crippen LogP contribution in [-0.2, 0) is 0 Å². The number of carbonyl (C=O) groups excluding carboxylic acids is 1. The maximum atomic E-state index is 12.7. The van der Waals surface area contributed by atoms with Crippen molar-refractivity contribution in [1.82, 2.24) is 4.98 Å². The molecule has 98 valence electrons. The lowest BCUT2D eigenvalue weighted by Crippen LogP contribution is -2.25. The average Bonchev–Trinajstić information content (AvgIpc) is 3.04. The van der Waals surface area contributed by atoms with E-state index in [1.807, 2.05) is 60.7 Å². The molecule has 0 bridgehead atoms. The summed E-state index contributed by atoms with van der Waals surface area (Å²) >= 11 is 0. The molecule has 0 unspecified atom stereocenters. The van der Waals surface area contributed by atoms with Gasteiger partial charge in [0.05, 0.1) is 5.56 Å². The predicted octanol–water partition coefficient (Wildman–Crippen LogP) is 3.99. The molecule has 3 nitrogen and oxygen atoms in total. The molecule has 20 heavy (non-hydrogen) atoms. The van der Waals surface area contributed by atoms with Gasteiger partial charge in [-0.1, -0.05) is 36.4 Å². The molecule has 2 aromatic carbocycles. The fourth-order valence-corrected chi connectivity index (χ4v) is 2.12. The maximum absolute atomic E-state index is 12.7. The molecule has 0 aliphatic carbocycles. The van der Waals surface area contributed by atoms with E-state index in [2.05, 4.69) is 4.98 Å². The molecular formula is C17H14N2O. The zero-order chi connectivity index (χ0) is 13.8. The number of hydrogen-bond acceptors (Lipinski definition) is 1. The number of aromatic nitrogens is 1. The zero-order valence-electron chi connectivity index (χ0n) is 10.9. The molecule has 0 spiro atoms. The van der Waals surface area contributed by atoms with E-state index in [-0.39, 0.29) is 5.91 Å². The monoisotopic (exact) mass is 262 g/mol. The molecule has 1 amide bonds. The standard InChI is InChI=1S/C17H14N2O/c20-17(14-11-12-18-13-14)19(15-7-3-1-4-8-15)16-9-5-2-6-10-16/h1-13,18H. The van der Waals surface area contributed by atoms with E-state index < -0.39 is 0 Å². The number of benzene rings is 2. The number of para-hydroxylation sites is 2. The molecule has 3 aromatic rings. The molecule has 0 fully saturated rings. The molecule has 0 saturated heterocycles. The first kappa shape index (κ1) is 12.2. The van der Waals surface area contributed by atoms with Gasteiger partial charge >= 0.3 is 0 Å². The summed E-state index contributed by atoms with van der Waals surface area (Å²) in [5.74, 6) is -0.0522. The Balaban J connectivity index is 2.07. The lowest BCUT2D eigenvalue weighted by atomic mass is 10.2. The maximum Gasteiger partial charge on any atom is 0.264 e. The normalized spacial score (nSPS) is 10.2. The Bertz CT molecular complexity index is 636. The molecule has 1 N–H and O–H groups in total. The lowest BCUT2D eigenvalue weighted by molar-refractivity contribution is 0.0999. The van der Waals surface area contributed by atoms with E-state index in [1.165, 1.54) is 0 Å². The Kier molecular flexibility index (Phi) is 3.33. The SMILES string of the molecule is O=C(c1cc[nH]c1)N(c1ccccc1)c1ccccc1. The van der Waals surface area contributed by atoms with Crippen molar-refractivity contribution >= 4 is 17.3 Å². The van der Waals surface area contributed by atoms with Crippen LogP contribution in [0.2, 0.25) is 0 Å². The number of H-pyrrole nitrogens is 1. The van der Waals surface area contributed by atoms with Gasteiger partial charge in [0.1, 0.15) is 0 Å².